The van der Waals surface area contributed by atoms with Crippen LogP contribution in [0.3, 0.4) is 0 Å². The third kappa shape index (κ3) is 4.87. The second-order valence-corrected chi connectivity index (χ2v) is 7.48. The molecule has 2 heterocycles. The second-order valence-electron chi connectivity index (χ2n) is 7.48. The van der Waals surface area contributed by atoms with Gasteiger partial charge in [-0.1, -0.05) is 48.5 Å². The summed E-state index contributed by atoms with van der Waals surface area (Å²) >= 11 is 0. The van der Waals surface area contributed by atoms with Gasteiger partial charge in [-0.05, 0) is 18.2 Å². The quantitative estimate of drug-likeness (QED) is 0.366. The zero-order valence-corrected chi connectivity index (χ0v) is 18.2. The molecule has 4 N–H and O–H groups in total. The number of fused-ring (bicyclic) bond motifs is 1. The minimum Gasteiger partial charge on any atom is -0.405 e. The number of anilines is 2. The van der Waals surface area contributed by atoms with E-state index >= 15 is 0 Å². The van der Waals surface area contributed by atoms with Gasteiger partial charge in [0.2, 0.25) is 12.1 Å². The Morgan fingerprint density at radius 2 is 1.76 bits per heavy atom. The maximum absolute atomic E-state index is 12.8. The Morgan fingerprint density at radius 3 is 2.45 bits per heavy atom. The van der Waals surface area contributed by atoms with E-state index in [9.17, 15) is 4.79 Å². The highest BCUT2D eigenvalue weighted by atomic mass is 16.5. The Hall–Kier alpha value is -4.53. The Morgan fingerprint density at radius 1 is 1.03 bits per heavy atom. The molecule has 9 nitrogen and oxygen atoms in total. The predicted molar refractivity (Wildman–Crippen MR) is 128 cm³/mol. The number of hydrogen-bond acceptors (Lipinski definition) is 7. The van der Waals surface area contributed by atoms with Crippen LogP contribution in [0.25, 0.3) is 0 Å². The predicted octanol–water partition coefficient (Wildman–Crippen LogP) is 2.83. The van der Waals surface area contributed by atoms with Crippen LogP contribution in [-0.2, 0) is 9.53 Å². The van der Waals surface area contributed by atoms with Crippen LogP contribution in [0.5, 0.6) is 0 Å². The van der Waals surface area contributed by atoms with Gasteiger partial charge in [-0.3, -0.25) is 15.6 Å². The Kier molecular flexibility index (Phi) is 6.12. The fourth-order valence-electron chi connectivity index (χ4n) is 3.27. The number of amides is 1. The van der Waals surface area contributed by atoms with Crippen LogP contribution in [0.1, 0.15) is 16.8 Å². The summed E-state index contributed by atoms with van der Waals surface area (Å²) in [7, 11) is 3.77. The molecule has 0 spiro atoms. The van der Waals surface area contributed by atoms with E-state index in [4.69, 9.17) is 15.6 Å². The van der Waals surface area contributed by atoms with E-state index in [2.05, 4.69) is 20.6 Å². The molecule has 0 bridgehead atoms. The maximum Gasteiger partial charge on any atom is 0.290 e. The second kappa shape index (κ2) is 9.31. The van der Waals surface area contributed by atoms with Crippen molar-refractivity contribution in [3.8, 4) is 0 Å². The number of ether oxygens (including phenoxy) is 1. The number of rotatable bonds is 4. The number of aliphatic imine (C=N–C) groups is 1. The van der Waals surface area contributed by atoms with Gasteiger partial charge in [0.1, 0.15) is 5.69 Å². The molecule has 4 rings (SSSR count). The fraction of sp³-hybridized carbons (Fsp3) is 0.125. The molecule has 1 aliphatic heterocycles. The Labute approximate surface area is 191 Å². The Bertz CT molecular complexity index is 1220. The first-order chi connectivity index (χ1) is 15.9. The van der Waals surface area contributed by atoms with E-state index in [0.29, 0.717) is 11.4 Å². The van der Waals surface area contributed by atoms with E-state index in [1.807, 2.05) is 67.5 Å². The lowest BCUT2D eigenvalue weighted by Crippen LogP contribution is -2.43. The molecular formula is C24H23N7O2. The zero-order chi connectivity index (χ0) is 23.4. The van der Waals surface area contributed by atoms with Crippen LogP contribution in [0.2, 0.25) is 0 Å². The van der Waals surface area contributed by atoms with E-state index < -0.39 is 18.1 Å². The summed E-state index contributed by atoms with van der Waals surface area (Å²) in [6, 6.07) is 19.8. The number of aromatic nitrogens is 1. The fourth-order valence-corrected chi connectivity index (χ4v) is 3.27. The zero-order valence-electron chi connectivity index (χ0n) is 18.2. The van der Waals surface area contributed by atoms with Crippen LogP contribution in [-0.4, -0.2) is 48.8 Å². The van der Waals surface area contributed by atoms with E-state index in [1.165, 1.54) is 0 Å². The van der Waals surface area contributed by atoms with Crippen LogP contribution in [0, 0.1) is 10.8 Å². The summed E-state index contributed by atoms with van der Waals surface area (Å²) in [6.07, 6.45) is 0.480. The average molecular weight is 441 g/mol. The van der Waals surface area contributed by atoms with Crippen molar-refractivity contribution >= 4 is 34.9 Å². The van der Waals surface area contributed by atoms with Gasteiger partial charge in [-0.2, -0.15) is 0 Å². The molecule has 1 atom stereocenters. The number of amidine groups is 1. The van der Waals surface area contributed by atoms with E-state index in [0.717, 1.165) is 16.8 Å². The number of carbonyl (C=O) groups is 1. The molecule has 0 aliphatic carbocycles. The van der Waals surface area contributed by atoms with Crippen molar-refractivity contribution in [3.63, 3.8) is 0 Å². The lowest BCUT2D eigenvalue weighted by Gasteiger charge is -2.16. The topological polar surface area (TPSA) is 127 Å². The molecule has 1 aliphatic rings. The van der Waals surface area contributed by atoms with Gasteiger partial charge in [-0.15, -0.1) is 0 Å². The molecule has 2 aromatic carbocycles. The van der Waals surface area contributed by atoms with Crippen molar-refractivity contribution in [2.45, 2.75) is 6.17 Å². The summed E-state index contributed by atoms with van der Waals surface area (Å²) < 4.78 is 5.28. The number of nitrogens with one attached hydrogen (secondary N) is 4. The van der Waals surface area contributed by atoms with Crippen molar-refractivity contribution in [2.75, 3.05) is 24.3 Å². The molecule has 0 saturated heterocycles. The van der Waals surface area contributed by atoms with Crippen LogP contribution in [0.4, 0.5) is 11.4 Å². The van der Waals surface area contributed by atoms with Gasteiger partial charge in [0.15, 0.2) is 0 Å². The van der Waals surface area contributed by atoms with Crippen LogP contribution in [0.15, 0.2) is 77.9 Å². The molecule has 1 aromatic heterocycles. The smallest absolute Gasteiger partial charge is 0.290 e. The lowest BCUT2D eigenvalue weighted by atomic mass is 10.0. The third-order valence-corrected chi connectivity index (χ3v) is 4.96. The first-order valence-electron chi connectivity index (χ1n) is 10.2. The first-order valence-corrected chi connectivity index (χ1v) is 10.2. The molecule has 3 aromatic rings. The first kappa shape index (κ1) is 21.7. The largest absolute Gasteiger partial charge is 0.405 e. The number of pyridine rings is 1. The van der Waals surface area contributed by atoms with Crippen LogP contribution >= 0.6 is 0 Å². The summed E-state index contributed by atoms with van der Waals surface area (Å²) in [5.74, 6) is -0.760. The van der Waals surface area contributed by atoms with Crippen molar-refractivity contribution in [1.82, 2.24) is 10.3 Å². The van der Waals surface area contributed by atoms with Crippen molar-refractivity contribution in [3.05, 3.63) is 89.7 Å². The molecule has 0 radical (unpaired) electrons. The summed E-state index contributed by atoms with van der Waals surface area (Å²) in [5, 5.41) is 21.8. The van der Waals surface area contributed by atoms with Crippen molar-refractivity contribution < 1.29 is 9.53 Å². The van der Waals surface area contributed by atoms with E-state index in [1.54, 1.807) is 24.4 Å². The summed E-state index contributed by atoms with van der Waals surface area (Å²) in [6.45, 7) is 0. The number of benzodiazepines with no additional fused rings is 1. The number of para-hydroxylation sites is 1. The number of carbonyl (C=O) groups excluding carboxylic acids is 1. The van der Waals surface area contributed by atoms with Crippen LogP contribution < -0.4 is 15.5 Å². The number of benzene rings is 2. The van der Waals surface area contributed by atoms with Gasteiger partial charge >= 0.3 is 0 Å². The van der Waals surface area contributed by atoms with Gasteiger partial charge < -0.3 is 20.3 Å². The minimum absolute atomic E-state index is 0.262. The van der Waals surface area contributed by atoms with Crippen molar-refractivity contribution in [2.24, 2.45) is 4.99 Å². The SMILES string of the molecule is CN(C)c1ccc(C(=N)OC(=N)NC2N=C(c3ccccc3)c3ccccc3NC2=O)nc1. The molecule has 9 heteroatoms. The normalized spacial score (nSPS) is 14.8. The molecule has 0 fully saturated rings. The molecule has 33 heavy (non-hydrogen) atoms. The molecule has 166 valence electrons. The Balaban J connectivity index is 1.55. The number of hydrogen-bond donors (Lipinski definition) is 4. The molecule has 0 saturated carbocycles. The summed E-state index contributed by atoms with van der Waals surface area (Å²) in [5.41, 5.74) is 3.96. The number of nitrogens with zero attached hydrogens (tertiary/aromatic N) is 3. The van der Waals surface area contributed by atoms with Gasteiger partial charge in [0, 0.05) is 25.2 Å². The van der Waals surface area contributed by atoms with Crippen molar-refractivity contribution in [1.29, 1.82) is 10.8 Å². The molecule has 1 unspecified atom stereocenters. The highest BCUT2D eigenvalue weighted by Gasteiger charge is 2.27. The molecular weight excluding hydrogens is 418 g/mol. The van der Waals surface area contributed by atoms with Gasteiger partial charge in [0.25, 0.3) is 11.9 Å². The standard InChI is InChI=1S/C24H23N7O2/c1-31(2)16-12-13-19(27-14-16)21(25)33-24(26)30-22-23(32)28-18-11-7-6-10-17(18)20(29-22)15-8-4-3-5-9-15/h3-14,22,25H,1-2H3,(H2,26,30)(H,28,32). The average Bonchev–Trinajstić information content (AvgIpc) is 2.96. The van der Waals surface area contributed by atoms with Gasteiger partial charge in [-0.25, -0.2) is 9.98 Å². The summed E-state index contributed by atoms with van der Waals surface area (Å²) in [4.78, 5) is 23.5. The lowest BCUT2D eigenvalue weighted by molar-refractivity contribution is -0.117. The highest BCUT2D eigenvalue weighted by Crippen LogP contribution is 2.23. The third-order valence-electron chi connectivity index (χ3n) is 4.96. The minimum atomic E-state index is -1.13. The maximum atomic E-state index is 12.8. The van der Waals surface area contributed by atoms with Gasteiger partial charge in [0.05, 0.1) is 23.3 Å². The molecule has 1 amide bonds. The highest BCUT2D eigenvalue weighted by molar-refractivity contribution is 6.19. The van der Waals surface area contributed by atoms with E-state index in [-0.39, 0.29) is 11.6 Å². The monoisotopic (exact) mass is 441 g/mol.